The van der Waals surface area contributed by atoms with E-state index in [9.17, 15) is 4.79 Å². The van der Waals surface area contributed by atoms with E-state index in [1.807, 2.05) is 42.5 Å². The molecule has 7 heteroatoms. The van der Waals surface area contributed by atoms with E-state index in [0.717, 1.165) is 22.7 Å². The number of nitrogens with zero attached hydrogens (tertiary/aromatic N) is 3. The summed E-state index contributed by atoms with van der Waals surface area (Å²) >= 11 is 0. The summed E-state index contributed by atoms with van der Waals surface area (Å²) in [5, 5.41) is 5.69. The van der Waals surface area contributed by atoms with Crippen molar-refractivity contribution in [2.24, 2.45) is 0 Å². The number of carbonyl (C=O) groups excluding carboxylic acids is 1. The molecular weight excluding hydrogens is 306 g/mol. The maximum atomic E-state index is 12.1. The number of benzene rings is 1. The Bertz CT molecular complexity index is 862. The summed E-state index contributed by atoms with van der Waals surface area (Å²) in [7, 11) is 0. The van der Waals surface area contributed by atoms with E-state index < -0.39 is 0 Å². The van der Waals surface area contributed by atoms with Crippen LogP contribution in [0, 0.1) is 0 Å². The third-order valence-electron chi connectivity index (χ3n) is 3.96. The van der Waals surface area contributed by atoms with Crippen molar-refractivity contribution >= 4 is 22.9 Å². The minimum Gasteiger partial charge on any atom is -0.371 e. The minimum atomic E-state index is -0.245. The van der Waals surface area contributed by atoms with Crippen molar-refractivity contribution in [1.29, 1.82) is 0 Å². The molecule has 1 aliphatic heterocycles. The fraction of sp³-hybridized carbons (Fsp3) is 0.235. The molecule has 0 fully saturated rings. The number of pyridine rings is 1. The van der Waals surface area contributed by atoms with Crippen LogP contribution in [0.15, 0.2) is 48.7 Å². The number of anilines is 1. The first-order valence-corrected chi connectivity index (χ1v) is 7.81. The maximum absolute atomic E-state index is 12.1. The molecule has 3 heterocycles. The van der Waals surface area contributed by atoms with Crippen LogP contribution in [0.3, 0.4) is 0 Å². The summed E-state index contributed by atoms with van der Waals surface area (Å²) in [5.41, 5.74) is 2.42. The third kappa shape index (κ3) is 2.81. The molecule has 0 saturated heterocycles. The van der Waals surface area contributed by atoms with Crippen LogP contribution in [0.1, 0.15) is 11.9 Å². The topological polar surface area (TPSA) is 81.1 Å². The Labute approximate surface area is 138 Å². The van der Waals surface area contributed by atoms with E-state index in [-0.39, 0.29) is 12.1 Å². The third-order valence-corrected chi connectivity index (χ3v) is 3.96. The predicted molar refractivity (Wildman–Crippen MR) is 89.7 cm³/mol. The number of imidazole rings is 1. The highest BCUT2D eigenvalue weighted by Crippen LogP contribution is 2.24. The molecule has 0 spiro atoms. The normalized spacial score (nSPS) is 16.6. The van der Waals surface area contributed by atoms with Crippen LogP contribution in [-0.2, 0) is 11.3 Å². The summed E-state index contributed by atoms with van der Waals surface area (Å²) in [6.45, 7) is 1.41. The van der Waals surface area contributed by atoms with Crippen molar-refractivity contribution < 1.29 is 9.53 Å². The number of aromatic nitrogens is 3. The van der Waals surface area contributed by atoms with E-state index in [4.69, 9.17) is 4.74 Å². The molecule has 0 bridgehead atoms. The predicted octanol–water partition coefficient (Wildman–Crippen LogP) is 2.32. The van der Waals surface area contributed by atoms with Gasteiger partial charge in [-0.25, -0.2) is 14.8 Å². The molecule has 0 aliphatic carbocycles. The van der Waals surface area contributed by atoms with Crippen molar-refractivity contribution in [2.75, 3.05) is 18.5 Å². The van der Waals surface area contributed by atoms with Crippen molar-refractivity contribution in [3.05, 3.63) is 54.5 Å². The number of para-hydroxylation sites is 1. The van der Waals surface area contributed by atoms with Crippen molar-refractivity contribution in [2.45, 2.75) is 12.6 Å². The molecule has 1 aliphatic rings. The molecule has 2 N–H and O–H groups in total. The molecule has 1 atom stereocenters. The number of fused-ring (bicyclic) bond motifs is 3. The van der Waals surface area contributed by atoms with Crippen molar-refractivity contribution in [3.63, 3.8) is 0 Å². The molecule has 2 amide bonds. The number of urea groups is 1. The van der Waals surface area contributed by atoms with Crippen LogP contribution in [-0.4, -0.2) is 33.7 Å². The maximum Gasteiger partial charge on any atom is 0.319 e. The lowest BCUT2D eigenvalue weighted by Crippen LogP contribution is -2.37. The molecule has 0 saturated carbocycles. The number of hydrogen-bond acceptors (Lipinski definition) is 4. The second-order valence-electron chi connectivity index (χ2n) is 5.61. The van der Waals surface area contributed by atoms with Gasteiger partial charge in [0.05, 0.1) is 12.6 Å². The summed E-state index contributed by atoms with van der Waals surface area (Å²) in [5.74, 6) is 0.838. The van der Waals surface area contributed by atoms with Crippen LogP contribution in [0.2, 0.25) is 0 Å². The number of nitrogens with one attached hydrogen (secondary N) is 2. The number of ether oxygens (including phenoxy) is 1. The lowest BCUT2D eigenvalue weighted by atomic mass is 10.2. The minimum absolute atomic E-state index is 0.0322. The van der Waals surface area contributed by atoms with Gasteiger partial charge in [0.2, 0.25) is 0 Å². The average Bonchev–Trinajstić information content (AvgIpc) is 3.00. The highest BCUT2D eigenvalue weighted by molar-refractivity contribution is 5.89. The lowest BCUT2D eigenvalue weighted by Gasteiger charge is -2.25. The second kappa shape index (κ2) is 6.29. The Hall–Kier alpha value is -2.93. The van der Waals surface area contributed by atoms with Crippen LogP contribution >= 0.6 is 0 Å². The number of rotatable bonds is 3. The molecular formula is C17H17N5O2. The van der Waals surface area contributed by atoms with E-state index in [2.05, 4.69) is 25.2 Å². The van der Waals surface area contributed by atoms with Crippen molar-refractivity contribution in [3.8, 4) is 0 Å². The zero-order valence-corrected chi connectivity index (χ0v) is 13.0. The smallest absolute Gasteiger partial charge is 0.319 e. The van der Waals surface area contributed by atoms with Gasteiger partial charge in [-0.1, -0.05) is 18.2 Å². The molecule has 3 aromatic rings. The summed E-state index contributed by atoms with van der Waals surface area (Å²) in [4.78, 5) is 21.0. The van der Waals surface area contributed by atoms with Crippen LogP contribution < -0.4 is 10.6 Å². The van der Waals surface area contributed by atoms with Gasteiger partial charge in [-0.2, -0.15) is 0 Å². The summed E-state index contributed by atoms with van der Waals surface area (Å²) in [6.07, 6.45) is 1.75. The molecule has 1 unspecified atom stereocenters. The molecule has 0 radical (unpaired) electrons. The highest BCUT2D eigenvalue weighted by atomic mass is 16.5. The molecule has 24 heavy (non-hydrogen) atoms. The molecule has 2 aromatic heterocycles. The van der Waals surface area contributed by atoms with Gasteiger partial charge in [0.1, 0.15) is 17.9 Å². The fourth-order valence-electron chi connectivity index (χ4n) is 2.88. The standard InChI is InChI=1S/C17H17N5O2/c23-17(20-12-5-2-1-3-6-12)19-9-13-10-24-11-15-21-14-7-4-8-18-16(14)22(13)15/h1-8,13H,9-11H2,(H2,19,20,23). The molecule has 1 aromatic carbocycles. The Morgan fingerprint density at radius 3 is 3.00 bits per heavy atom. The Balaban J connectivity index is 1.48. The largest absolute Gasteiger partial charge is 0.371 e. The van der Waals surface area contributed by atoms with Gasteiger partial charge in [0.25, 0.3) is 0 Å². The Morgan fingerprint density at radius 1 is 1.25 bits per heavy atom. The SMILES string of the molecule is O=C(NCC1COCc2nc3cccnc3n21)Nc1ccccc1. The van der Waals surface area contributed by atoms with Gasteiger partial charge in [0.15, 0.2) is 5.65 Å². The van der Waals surface area contributed by atoms with Gasteiger partial charge < -0.3 is 19.9 Å². The summed E-state index contributed by atoms with van der Waals surface area (Å²) in [6, 6.07) is 12.9. The quantitative estimate of drug-likeness (QED) is 0.775. The molecule has 122 valence electrons. The van der Waals surface area contributed by atoms with Gasteiger partial charge in [-0.05, 0) is 24.3 Å². The lowest BCUT2D eigenvalue weighted by molar-refractivity contribution is 0.0571. The average molecular weight is 323 g/mol. The Morgan fingerprint density at radius 2 is 2.12 bits per heavy atom. The first-order valence-electron chi connectivity index (χ1n) is 7.81. The van der Waals surface area contributed by atoms with E-state index in [1.54, 1.807) is 6.20 Å². The van der Waals surface area contributed by atoms with Crippen LogP contribution in [0.5, 0.6) is 0 Å². The molecule has 4 rings (SSSR count). The van der Waals surface area contributed by atoms with E-state index in [1.165, 1.54) is 0 Å². The number of amides is 2. The monoisotopic (exact) mass is 323 g/mol. The van der Waals surface area contributed by atoms with E-state index >= 15 is 0 Å². The first kappa shape index (κ1) is 14.6. The Kier molecular flexibility index (Phi) is 3.84. The van der Waals surface area contributed by atoms with Crippen molar-refractivity contribution in [1.82, 2.24) is 19.9 Å². The second-order valence-corrected chi connectivity index (χ2v) is 5.61. The van der Waals surface area contributed by atoms with Gasteiger partial charge in [-0.15, -0.1) is 0 Å². The van der Waals surface area contributed by atoms with E-state index in [0.29, 0.717) is 19.8 Å². The zero-order chi connectivity index (χ0) is 16.4. The first-order chi connectivity index (χ1) is 11.8. The van der Waals surface area contributed by atoms with Crippen LogP contribution in [0.4, 0.5) is 10.5 Å². The zero-order valence-electron chi connectivity index (χ0n) is 13.0. The van der Waals surface area contributed by atoms with Gasteiger partial charge in [0, 0.05) is 18.4 Å². The summed E-state index contributed by atoms with van der Waals surface area (Å²) < 4.78 is 7.66. The van der Waals surface area contributed by atoms with Gasteiger partial charge in [-0.3, -0.25) is 0 Å². The number of hydrogen-bond donors (Lipinski definition) is 2. The van der Waals surface area contributed by atoms with Gasteiger partial charge >= 0.3 is 6.03 Å². The highest BCUT2D eigenvalue weighted by Gasteiger charge is 2.25. The van der Waals surface area contributed by atoms with Crippen LogP contribution in [0.25, 0.3) is 11.2 Å². The fourth-order valence-corrected chi connectivity index (χ4v) is 2.88. The molecule has 7 nitrogen and oxygen atoms in total. The number of carbonyl (C=O) groups is 1.